The summed E-state index contributed by atoms with van der Waals surface area (Å²) < 4.78 is 17.8. The van der Waals surface area contributed by atoms with E-state index in [1.165, 1.54) is 0 Å². The van der Waals surface area contributed by atoms with E-state index in [0.717, 1.165) is 28.4 Å². The molecule has 0 bridgehead atoms. The number of likely N-dealkylation sites (tertiary alicyclic amines) is 1. The van der Waals surface area contributed by atoms with Crippen molar-refractivity contribution in [3.63, 3.8) is 0 Å². The summed E-state index contributed by atoms with van der Waals surface area (Å²) >= 11 is 3.55. The van der Waals surface area contributed by atoms with Crippen LogP contribution in [0.4, 0.5) is 0 Å². The van der Waals surface area contributed by atoms with E-state index in [1.807, 2.05) is 41.3 Å². The van der Waals surface area contributed by atoms with Crippen LogP contribution in [-0.4, -0.2) is 49.9 Å². The molecule has 7 heteroatoms. The van der Waals surface area contributed by atoms with Crippen LogP contribution < -0.4 is 14.2 Å². The molecule has 3 rings (SSSR count). The Morgan fingerprint density at radius 3 is 2.48 bits per heavy atom. The number of hydrogen-bond acceptors (Lipinski definition) is 5. The summed E-state index contributed by atoms with van der Waals surface area (Å²) in [5.74, 6) is 1.08. The maximum Gasteiger partial charge on any atom is 0.320 e. The number of halogens is 1. The van der Waals surface area contributed by atoms with Crippen LogP contribution in [0.3, 0.4) is 0 Å². The zero-order valence-electron chi connectivity index (χ0n) is 16.9. The quantitative estimate of drug-likeness (QED) is 0.651. The monoisotopic (exact) mass is 463 g/mol. The minimum absolute atomic E-state index is 0.367. The molecule has 0 amide bonds. The Morgan fingerprint density at radius 2 is 1.83 bits per heavy atom. The van der Waals surface area contributed by atoms with E-state index in [2.05, 4.69) is 15.9 Å². The topological polar surface area (TPSA) is 68.2 Å². The van der Waals surface area contributed by atoms with Crippen LogP contribution in [0, 0.1) is 0 Å². The summed E-state index contributed by atoms with van der Waals surface area (Å²) in [6.07, 6.45) is 2.43. The molecule has 1 aliphatic rings. The second-order valence-electron chi connectivity index (χ2n) is 6.96. The van der Waals surface area contributed by atoms with Crippen molar-refractivity contribution in [1.29, 1.82) is 0 Å². The largest absolute Gasteiger partial charge is 0.496 e. The smallest absolute Gasteiger partial charge is 0.320 e. The standard InChI is InChI=1S/C22H26BrNO5/c1-27-18-11-10-14(23)13-16(18)20(24-12-5-4-8-17(24)22(25)26)15-7-6-9-19(28-2)21(15)29-3/h6-7,9-11,13,17,20H,4-5,8,12H2,1-3H3,(H,25,26). The number of ether oxygens (including phenoxy) is 3. The third-order valence-corrected chi connectivity index (χ3v) is 5.87. The van der Waals surface area contributed by atoms with Gasteiger partial charge in [-0.05, 0) is 43.7 Å². The molecule has 0 spiro atoms. The van der Waals surface area contributed by atoms with Crippen LogP contribution in [-0.2, 0) is 4.79 Å². The van der Waals surface area contributed by atoms with Gasteiger partial charge in [-0.1, -0.05) is 34.5 Å². The number of benzene rings is 2. The lowest BCUT2D eigenvalue weighted by Crippen LogP contribution is -2.47. The maximum atomic E-state index is 12.1. The Labute approximate surface area is 179 Å². The Kier molecular flexibility index (Phi) is 7.03. The first-order valence-corrected chi connectivity index (χ1v) is 10.3. The number of carbonyl (C=O) groups is 1. The number of hydrogen-bond donors (Lipinski definition) is 1. The molecule has 1 aliphatic heterocycles. The van der Waals surface area contributed by atoms with E-state index in [9.17, 15) is 9.90 Å². The zero-order chi connectivity index (χ0) is 21.0. The van der Waals surface area contributed by atoms with Gasteiger partial charge >= 0.3 is 5.97 Å². The Hall–Kier alpha value is -2.25. The molecule has 0 saturated carbocycles. The number of aliphatic carboxylic acids is 1. The number of methoxy groups -OCH3 is 3. The SMILES string of the molecule is COc1ccc(Br)cc1C(c1cccc(OC)c1OC)N1CCCCC1C(=O)O. The minimum Gasteiger partial charge on any atom is -0.496 e. The number of piperidine rings is 1. The minimum atomic E-state index is -0.814. The third kappa shape index (κ3) is 4.36. The highest BCUT2D eigenvalue weighted by molar-refractivity contribution is 9.10. The van der Waals surface area contributed by atoms with E-state index >= 15 is 0 Å². The van der Waals surface area contributed by atoms with Crippen molar-refractivity contribution in [2.75, 3.05) is 27.9 Å². The van der Waals surface area contributed by atoms with Gasteiger partial charge in [0.2, 0.25) is 0 Å². The van der Waals surface area contributed by atoms with Crippen molar-refractivity contribution < 1.29 is 24.1 Å². The van der Waals surface area contributed by atoms with Gasteiger partial charge in [-0.2, -0.15) is 0 Å². The lowest BCUT2D eigenvalue weighted by molar-refractivity contribution is -0.145. The fraction of sp³-hybridized carbons (Fsp3) is 0.409. The third-order valence-electron chi connectivity index (χ3n) is 5.38. The van der Waals surface area contributed by atoms with Crippen molar-refractivity contribution in [2.45, 2.75) is 31.3 Å². The summed E-state index contributed by atoms with van der Waals surface area (Å²) in [5, 5.41) is 9.92. The van der Waals surface area contributed by atoms with Gasteiger partial charge in [0.25, 0.3) is 0 Å². The number of carboxylic acid groups (broad SMARTS) is 1. The van der Waals surface area contributed by atoms with Crippen molar-refractivity contribution in [2.24, 2.45) is 0 Å². The van der Waals surface area contributed by atoms with E-state index in [4.69, 9.17) is 14.2 Å². The van der Waals surface area contributed by atoms with E-state index in [0.29, 0.717) is 30.2 Å². The van der Waals surface area contributed by atoms with Crippen molar-refractivity contribution in [3.05, 3.63) is 52.0 Å². The molecule has 156 valence electrons. The molecular weight excluding hydrogens is 438 g/mol. The molecule has 6 nitrogen and oxygen atoms in total. The molecule has 2 aromatic carbocycles. The molecule has 1 fully saturated rings. The van der Waals surface area contributed by atoms with Gasteiger partial charge in [-0.15, -0.1) is 0 Å². The molecule has 2 unspecified atom stereocenters. The van der Waals surface area contributed by atoms with Crippen LogP contribution >= 0.6 is 15.9 Å². The summed E-state index contributed by atoms with van der Waals surface area (Å²) in [7, 11) is 4.82. The summed E-state index contributed by atoms with van der Waals surface area (Å²) in [5.41, 5.74) is 1.72. The van der Waals surface area contributed by atoms with E-state index < -0.39 is 12.0 Å². The van der Waals surface area contributed by atoms with Crippen LogP contribution in [0.2, 0.25) is 0 Å². The molecule has 1 heterocycles. The van der Waals surface area contributed by atoms with Crippen LogP contribution in [0.5, 0.6) is 17.2 Å². The van der Waals surface area contributed by atoms with Gasteiger partial charge in [0.1, 0.15) is 11.8 Å². The number of para-hydroxylation sites is 1. The first-order valence-electron chi connectivity index (χ1n) is 9.54. The molecule has 2 aromatic rings. The van der Waals surface area contributed by atoms with Gasteiger partial charge in [0.15, 0.2) is 11.5 Å². The van der Waals surface area contributed by atoms with E-state index in [-0.39, 0.29) is 6.04 Å². The summed E-state index contributed by atoms with van der Waals surface area (Å²) in [6, 6.07) is 10.5. The Bertz CT molecular complexity index is 872. The molecule has 0 aliphatic carbocycles. The fourth-order valence-electron chi connectivity index (χ4n) is 4.10. The van der Waals surface area contributed by atoms with Crippen molar-refractivity contribution in [3.8, 4) is 17.2 Å². The number of nitrogens with zero attached hydrogens (tertiary/aromatic N) is 1. The number of carboxylic acids is 1. The zero-order valence-corrected chi connectivity index (χ0v) is 18.4. The fourth-order valence-corrected chi connectivity index (χ4v) is 4.48. The van der Waals surface area contributed by atoms with Crippen LogP contribution in [0.15, 0.2) is 40.9 Å². The highest BCUT2D eigenvalue weighted by Crippen LogP contribution is 2.45. The lowest BCUT2D eigenvalue weighted by atomic mass is 9.90. The van der Waals surface area contributed by atoms with Gasteiger partial charge in [-0.25, -0.2) is 0 Å². The highest BCUT2D eigenvalue weighted by atomic mass is 79.9. The summed E-state index contributed by atoms with van der Waals surface area (Å²) in [6.45, 7) is 0.664. The molecule has 2 atom stereocenters. The van der Waals surface area contributed by atoms with E-state index in [1.54, 1.807) is 21.3 Å². The predicted molar refractivity (Wildman–Crippen MR) is 114 cm³/mol. The molecule has 0 radical (unpaired) electrons. The van der Waals surface area contributed by atoms with Gasteiger partial charge in [0.05, 0.1) is 27.4 Å². The summed E-state index contributed by atoms with van der Waals surface area (Å²) in [4.78, 5) is 14.1. The second-order valence-corrected chi connectivity index (χ2v) is 7.87. The maximum absolute atomic E-state index is 12.1. The second kappa shape index (κ2) is 9.50. The van der Waals surface area contributed by atoms with Gasteiger partial charge < -0.3 is 19.3 Å². The highest BCUT2D eigenvalue weighted by Gasteiger charge is 2.38. The van der Waals surface area contributed by atoms with Gasteiger partial charge in [-0.3, -0.25) is 9.69 Å². The van der Waals surface area contributed by atoms with Crippen LogP contribution in [0.25, 0.3) is 0 Å². The average Bonchev–Trinajstić information content (AvgIpc) is 2.74. The lowest BCUT2D eigenvalue weighted by Gasteiger charge is -2.40. The normalized spacial score (nSPS) is 18.1. The van der Waals surface area contributed by atoms with Crippen molar-refractivity contribution in [1.82, 2.24) is 4.90 Å². The van der Waals surface area contributed by atoms with Crippen LogP contribution in [0.1, 0.15) is 36.4 Å². The molecular formula is C22H26BrNO5. The molecule has 1 N–H and O–H groups in total. The first kappa shape index (κ1) is 21.5. The van der Waals surface area contributed by atoms with Gasteiger partial charge in [0, 0.05) is 15.6 Å². The molecule has 29 heavy (non-hydrogen) atoms. The number of rotatable bonds is 7. The Morgan fingerprint density at radius 1 is 1.07 bits per heavy atom. The Balaban J connectivity index is 2.26. The first-order chi connectivity index (χ1) is 14.0. The van der Waals surface area contributed by atoms with Crippen molar-refractivity contribution >= 4 is 21.9 Å². The average molecular weight is 464 g/mol. The predicted octanol–water partition coefficient (Wildman–Crippen LogP) is 4.50. The molecule has 0 aromatic heterocycles. The molecule has 1 saturated heterocycles.